The number of hydrogen-bond acceptors (Lipinski definition) is 6. The molecule has 5 rings (SSSR count). The minimum atomic E-state index is -0.266. The van der Waals surface area contributed by atoms with Gasteiger partial charge < -0.3 is 15.0 Å². The zero-order valence-electron chi connectivity index (χ0n) is 17.9. The van der Waals surface area contributed by atoms with E-state index in [1.165, 1.54) is 0 Å². The third-order valence-corrected chi connectivity index (χ3v) is 6.32. The number of anilines is 2. The van der Waals surface area contributed by atoms with Gasteiger partial charge in [-0.15, -0.1) is 0 Å². The van der Waals surface area contributed by atoms with Gasteiger partial charge in [0, 0.05) is 37.0 Å². The summed E-state index contributed by atoms with van der Waals surface area (Å²) in [5.74, 6) is 1.06. The number of benzene rings is 1. The fourth-order valence-electron chi connectivity index (χ4n) is 4.01. The monoisotopic (exact) mass is 506 g/mol. The number of aromatic nitrogens is 4. The Kier molecular flexibility index (Phi) is 6.21. The number of piperidine rings is 1. The summed E-state index contributed by atoms with van der Waals surface area (Å²) in [6.45, 7) is 1.56. The van der Waals surface area contributed by atoms with Crippen molar-refractivity contribution >= 4 is 39.2 Å². The summed E-state index contributed by atoms with van der Waals surface area (Å²) in [6, 6.07) is 15.6. The third kappa shape index (κ3) is 4.83. The highest BCUT2D eigenvalue weighted by atomic mass is 79.9. The van der Waals surface area contributed by atoms with E-state index >= 15 is 0 Å². The van der Waals surface area contributed by atoms with E-state index in [1.807, 2.05) is 48.5 Å². The van der Waals surface area contributed by atoms with Crippen LogP contribution in [0, 0.1) is 0 Å². The van der Waals surface area contributed by atoms with Crippen LogP contribution in [-0.4, -0.2) is 43.7 Å². The Labute approximate surface area is 199 Å². The number of carbonyl (C=O) groups is 1. The predicted octanol–water partition coefficient (Wildman–Crippen LogP) is 5.15. The lowest BCUT2D eigenvalue weighted by Gasteiger charge is -2.31. The molecule has 0 radical (unpaired) electrons. The van der Waals surface area contributed by atoms with Crippen LogP contribution < -0.4 is 5.32 Å². The molecule has 0 aliphatic carbocycles. The molecule has 0 spiro atoms. The van der Waals surface area contributed by atoms with Gasteiger partial charge in [0.15, 0.2) is 5.65 Å². The number of likely N-dealkylation sites (tertiary alicyclic amines) is 1. The highest BCUT2D eigenvalue weighted by molar-refractivity contribution is 9.10. The number of ether oxygens (including phenoxy) is 1. The molecule has 0 unspecified atom stereocenters. The zero-order chi connectivity index (χ0) is 22.6. The van der Waals surface area contributed by atoms with Crippen LogP contribution in [0.4, 0.5) is 16.3 Å². The van der Waals surface area contributed by atoms with Gasteiger partial charge >= 0.3 is 6.09 Å². The molecule has 3 aromatic heterocycles. The van der Waals surface area contributed by atoms with Crippen molar-refractivity contribution in [1.82, 2.24) is 24.5 Å². The number of amides is 1. The smallest absolute Gasteiger partial charge is 0.410 e. The Morgan fingerprint density at radius 2 is 1.94 bits per heavy atom. The van der Waals surface area contributed by atoms with Crippen molar-refractivity contribution in [2.75, 3.05) is 18.4 Å². The van der Waals surface area contributed by atoms with Crippen LogP contribution >= 0.6 is 15.9 Å². The molecular weight excluding hydrogens is 484 g/mol. The minimum Gasteiger partial charge on any atom is -0.445 e. The molecule has 1 aliphatic rings. The summed E-state index contributed by atoms with van der Waals surface area (Å²) in [5.41, 5.74) is 3.59. The van der Waals surface area contributed by atoms with E-state index in [0.717, 1.165) is 45.7 Å². The van der Waals surface area contributed by atoms with Crippen molar-refractivity contribution in [2.24, 2.45) is 0 Å². The van der Waals surface area contributed by atoms with Gasteiger partial charge in [-0.2, -0.15) is 9.61 Å². The summed E-state index contributed by atoms with van der Waals surface area (Å²) in [4.78, 5) is 23.3. The van der Waals surface area contributed by atoms with Crippen LogP contribution in [0.25, 0.3) is 5.65 Å². The van der Waals surface area contributed by atoms with Gasteiger partial charge in [-0.1, -0.05) is 30.3 Å². The fraction of sp³-hybridized carbons (Fsp3) is 0.250. The minimum absolute atomic E-state index is 0.240. The number of nitrogens with zero attached hydrogens (tertiary/aromatic N) is 5. The second-order valence-corrected chi connectivity index (χ2v) is 8.82. The fourth-order valence-corrected chi connectivity index (χ4v) is 4.35. The van der Waals surface area contributed by atoms with Gasteiger partial charge in [0.1, 0.15) is 12.4 Å². The van der Waals surface area contributed by atoms with Gasteiger partial charge in [-0.05, 0) is 46.5 Å². The van der Waals surface area contributed by atoms with Gasteiger partial charge in [-0.3, -0.25) is 4.98 Å². The van der Waals surface area contributed by atoms with Crippen molar-refractivity contribution < 1.29 is 9.53 Å². The molecular formula is C24H23BrN6O2. The molecule has 8 nitrogen and oxygen atoms in total. The van der Waals surface area contributed by atoms with Gasteiger partial charge in [0.25, 0.3) is 0 Å². The molecule has 4 heterocycles. The Bertz CT molecular complexity index is 1240. The van der Waals surface area contributed by atoms with E-state index in [0.29, 0.717) is 13.1 Å². The van der Waals surface area contributed by atoms with Crippen LogP contribution in [0.3, 0.4) is 0 Å². The highest BCUT2D eigenvalue weighted by Crippen LogP contribution is 2.31. The third-order valence-electron chi connectivity index (χ3n) is 5.76. The zero-order valence-corrected chi connectivity index (χ0v) is 19.5. The largest absolute Gasteiger partial charge is 0.445 e. The van der Waals surface area contributed by atoms with Crippen molar-refractivity contribution in [3.05, 3.63) is 82.9 Å². The number of rotatable bonds is 5. The Morgan fingerprint density at radius 1 is 1.12 bits per heavy atom. The van der Waals surface area contributed by atoms with Crippen molar-refractivity contribution in [3.63, 3.8) is 0 Å². The molecule has 1 aromatic carbocycles. The molecule has 1 saturated heterocycles. The van der Waals surface area contributed by atoms with Gasteiger partial charge in [-0.25, -0.2) is 9.78 Å². The van der Waals surface area contributed by atoms with Crippen LogP contribution in [0.2, 0.25) is 0 Å². The predicted molar refractivity (Wildman–Crippen MR) is 128 cm³/mol. The first-order valence-electron chi connectivity index (χ1n) is 10.8. The average molecular weight is 507 g/mol. The SMILES string of the molecule is O=C(OCc1ccccc1)N1CCC(c2cc(Nc3cccnc3)n3ncc(Br)c3n2)CC1. The van der Waals surface area contributed by atoms with E-state index in [-0.39, 0.29) is 18.6 Å². The molecule has 0 atom stereocenters. The number of carbonyl (C=O) groups excluding carboxylic acids is 1. The van der Waals surface area contributed by atoms with E-state index in [2.05, 4.69) is 31.3 Å². The number of nitrogens with one attached hydrogen (secondary N) is 1. The first kappa shape index (κ1) is 21.4. The van der Waals surface area contributed by atoms with Gasteiger partial charge in [0.2, 0.25) is 0 Å². The molecule has 9 heteroatoms. The van der Waals surface area contributed by atoms with E-state index in [1.54, 1.807) is 28.0 Å². The summed E-state index contributed by atoms with van der Waals surface area (Å²) >= 11 is 3.55. The molecule has 1 fully saturated rings. The molecule has 168 valence electrons. The van der Waals surface area contributed by atoms with Crippen LogP contribution in [-0.2, 0) is 11.3 Å². The lowest BCUT2D eigenvalue weighted by atomic mass is 9.93. The maximum Gasteiger partial charge on any atom is 0.410 e. The second-order valence-electron chi connectivity index (χ2n) is 7.96. The number of halogens is 1. The van der Waals surface area contributed by atoms with Crippen molar-refractivity contribution in [1.29, 1.82) is 0 Å². The Hall–Kier alpha value is -3.46. The number of fused-ring (bicyclic) bond motifs is 1. The van der Waals surface area contributed by atoms with E-state index < -0.39 is 0 Å². The summed E-state index contributed by atoms with van der Waals surface area (Å²) in [5, 5.41) is 7.83. The van der Waals surface area contributed by atoms with E-state index in [9.17, 15) is 4.79 Å². The second kappa shape index (κ2) is 9.58. The first-order valence-corrected chi connectivity index (χ1v) is 11.6. The maximum atomic E-state index is 12.5. The van der Waals surface area contributed by atoms with Crippen LogP contribution in [0.1, 0.15) is 30.0 Å². The van der Waals surface area contributed by atoms with E-state index in [4.69, 9.17) is 9.72 Å². The molecule has 33 heavy (non-hydrogen) atoms. The first-order chi connectivity index (χ1) is 16.2. The molecule has 0 saturated carbocycles. The summed E-state index contributed by atoms with van der Waals surface area (Å²) in [7, 11) is 0. The highest BCUT2D eigenvalue weighted by Gasteiger charge is 2.26. The number of pyridine rings is 1. The van der Waals surface area contributed by atoms with Crippen molar-refractivity contribution in [3.8, 4) is 0 Å². The summed E-state index contributed by atoms with van der Waals surface area (Å²) in [6.07, 6.45) is 6.62. The lowest BCUT2D eigenvalue weighted by molar-refractivity contribution is 0.0868. The average Bonchev–Trinajstić information content (AvgIpc) is 3.25. The Balaban J connectivity index is 1.28. The molecule has 4 aromatic rings. The van der Waals surface area contributed by atoms with Gasteiger partial charge in [0.05, 0.1) is 22.6 Å². The lowest BCUT2D eigenvalue weighted by Crippen LogP contribution is -2.38. The normalized spacial score (nSPS) is 14.4. The molecule has 1 amide bonds. The molecule has 1 aliphatic heterocycles. The number of hydrogen-bond donors (Lipinski definition) is 1. The van der Waals surface area contributed by atoms with Crippen LogP contribution in [0.15, 0.2) is 71.6 Å². The maximum absolute atomic E-state index is 12.5. The van der Waals surface area contributed by atoms with Crippen LogP contribution in [0.5, 0.6) is 0 Å². The quantitative estimate of drug-likeness (QED) is 0.403. The molecule has 1 N–H and O–H groups in total. The topological polar surface area (TPSA) is 84.7 Å². The Morgan fingerprint density at radius 3 is 2.70 bits per heavy atom. The standard InChI is InChI=1S/C24H23BrN6O2/c25-20-15-27-31-22(28-19-7-4-10-26-14-19)13-21(29-23(20)31)18-8-11-30(12-9-18)24(32)33-16-17-5-2-1-3-6-17/h1-7,10,13-15,18,28H,8-9,11-12,16H2. The van der Waals surface area contributed by atoms with Crippen molar-refractivity contribution in [2.45, 2.75) is 25.4 Å². The summed E-state index contributed by atoms with van der Waals surface area (Å²) < 4.78 is 8.10. The molecule has 0 bridgehead atoms.